The van der Waals surface area contributed by atoms with Gasteiger partial charge in [0.1, 0.15) is 0 Å². The average molecular weight is 211 g/mol. The van der Waals surface area contributed by atoms with Gasteiger partial charge in [-0.25, -0.2) is 0 Å². The summed E-state index contributed by atoms with van der Waals surface area (Å²) in [5, 5.41) is 1.25. The molecule has 0 saturated heterocycles. The summed E-state index contributed by atoms with van der Waals surface area (Å²) < 4.78 is 18.2. The largest absolute Gasteiger partial charge is 0.0209 e. The fraction of sp³-hybridized carbons (Fsp3) is 0. The fourth-order valence-electron chi connectivity index (χ4n) is 0. The summed E-state index contributed by atoms with van der Waals surface area (Å²) in [6.45, 7) is 0. The molecule has 0 radical (unpaired) electrons. The van der Waals surface area contributed by atoms with Crippen molar-refractivity contribution in [3.63, 3.8) is 0 Å². The molecule has 0 heterocycles. The van der Waals surface area contributed by atoms with E-state index in [9.17, 15) is 0 Å². The summed E-state index contributed by atoms with van der Waals surface area (Å²) in [6, 6.07) is 0. The molecule has 0 unspecified atom stereocenters. The second kappa shape index (κ2) is 8.91. The SMILES string of the molecule is FOF.[Gd]. The molecular weight excluding hydrogens is 211 g/mol. The van der Waals surface area contributed by atoms with Crippen LogP contribution in [0.2, 0.25) is 0 Å². The van der Waals surface area contributed by atoms with Gasteiger partial charge in [0.15, 0.2) is 0 Å². The van der Waals surface area contributed by atoms with Crippen molar-refractivity contribution in [2.24, 2.45) is 0 Å². The molecule has 0 saturated carbocycles. The molecule has 0 bridgehead atoms. The first-order chi connectivity index (χ1) is 1.41. The van der Waals surface area contributed by atoms with Crippen molar-refractivity contribution >= 4 is 0 Å². The number of hydrogen-bond acceptors (Lipinski definition) is 1. The van der Waals surface area contributed by atoms with Gasteiger partial charge in [0.2, 0.25) is 0 Å². The van der Waals surface area contributed by atoms with E-state index in [1.165, 1.54) is 5.15 Å². The Morgan fingerprint density at radius 1 is 1.25 bits per heavy atom. The van der Waals surface area contributed by atoms with Gasteiger partial charge in [0.05, 0.1) is 0 Å². The molecule has 0 aromatic heterocycles. The molecule has 0 N–H and O–H groups in total. The van der Waals surface area contributed by atoms with Crippen LogP contribution in [0.3, 0.4) is 0 Å². The zero-order valence-corrected chi connectivity index (χ0v) is 3.79. The summed E-state index contributed by atoms with van der Waals surface area (Å²) in [7, 11) is 0. The van der Waals surface area contributed by atoms with Crippen LogP contribution < -0.4 is 0 Å². The van der Waals surface area contributed by atoms with Gasteiger partial charge in [-0.05, 0) is 9.05 Å². The maximum Gasteiger partial charge on any atom is 0.0209 e. The normalized spacial score (nSPS) is 4.50. The van der Waals surface area contributed by atoms with Gasteiger partial charge >= 0.3 is 0 Å². The Bertz CT molecular complexity index is 6.00. The number of halogens is 2. The molecular formula is F2GdO. The van der Waals surface area contributed by atoms with E-state index in [4.69, 9.17) is 9.05 Å². The Morgan fingerprint density at radius 2 is 1.25 bits per heavy atom. The smallest absolute Gasteiger partial charge is 0.0104 e. The topological polar surface area (TPSA) is 9.23 Å². The first kappa shape index (κ1) is 8.94. The molecule has 4 heteroatoms. The molecule has 28 valence electrons. The Balaban J connectivity index is 0. The van der Waals surface area contributed by atoms with Gasteiger partial charge < -0.3 is 0 Å². The first-order valence-corrected chi connectivity index (χ1v) is 0.309. The summed E-state index contributed by atoms with van der Waals surface area (Å²) in [5.41, 5.74) is 0. The Kier molecular flexibility index (Phi) is 19.9. The molecule has 0 atom stereocenters. The second-order valence-corrected chi connectivity index (χ2v) is 0.0583. The van der Waals surface area contributed by atoms with E-state index >= 15 is 0 Å². The maximum absolute atomic E-state index is 9.12. The van der Waals surface area contributed by atoms with Crippen LogP contribution in [0.5, 0.6) is 0 Å². The summed E-state index contributed by atoms with van der Waals surface area (Å²) in [6.07, 6.45) is 0. The third-order valence-corrected chi connectivity index (χ3v) is 0. The van der Waals surface area contributed by atoms with Crippen molar-refractivity contribution < 1.29 is 54.1 Å². The zero-order valence-electron chi connectivity index (χ0n) is 1.52. The molecule has 4 heavy (non-hydrogen) atoms. The van der Waals surface area contributed by atoms with Crippen LogP contribution in [0.4, 0.5) is 9.05 Å². The van der Waals surface area contributed by atoms with Crippen molar-refractivity contribution in [1.82, 2.24) is 0 Å². The van der Waals surface area contributed by atoms with Crippen LogP contribution in [-0.2, 0) is 5.15 Å². The van der Waals surface area contributed by atoms with E-state index in [0.717, 1.165) is 0 Å². The molecule has 0 aromatic carbocycles. The van der Waals surface area contributed by atoms with E-state index in [0.29, 0.717) is 0 Å². The van der Waals surface area contributed by atoms with E-state index < -0.39 is 0 Å². The van der Waals surface area contributed by atoms with Gasteiger partial charge in [-0.15, -0.1) is 0 Å². The minimum atomic E-state index is 0. The molecule has 0 aliphatic heterocycles. The molecule has 1 nitrogen and oxygen atoms in total. The molecule has 0 fully saturated rings. The zero-order chi connectivity index (χ0) is 2.71. The van der Waals surface area contributed by atoms with Crippen LogP contribution in [0, 0.1) is 39.9 Å². The van der Waals surface area contributed by atoms with Crippen molar-refractivity contribution in [2.75, 3.05) is 0 Å². The standard InChI is InChI=1S/F2O.Gd/c1-3-2;. The monoisotopic (exact) mass is 212 g/mol. The average Bonchev–Trinajstić information content (AvgIpc) is 0.918. The Labute approximate surface area is 53.8 Å². The number of rotatable bonds is 0. The van der Waals surface area contributed by atoms with Gasteiger partial charge in [0, 0.05) is 45.1 Å². The van der Waals surface area contributed by atoms with E-state index in [-0.39, 0.29) is 39.9 Å². The molecule has 0 aromatic rings. The van der Waals surface area contributed by atoms with Crippen LogP contribution >= 0.6 is 0 Å². The van der Waals surface area contributed by atoms with Gasteiger partial charge in [-0.3, -0.25) is 0 Å². The van der Waals surface area contributed by atoms with Gasteiger partial charge in [-0.2, -0.15) is 0 Å². The molecule has 0 spiro atoms. The fourth-order valence-corrected chi connectivity index (χ4v) is 0. The summed E-state index contributed by atoms with van der Waals surface area (Å²) in [4.78, 5) is 0. The van der Waals surface area contributed by atoms with Crippen LogP contribution in [0.25, 0.3) is 0 Å². The minimum absolute atomic E-state index is 0. The minimum Gasteiger partial charge on any atom is -0.0104 e. The third kappa shape index (κ3) is 11.0. The summed E-state index contributed by atoms with van der Waals surface area (Å²) in [5.74, 6) is 0. The van der Waals surface area contributed by atoms with E-state index in [1.54, 1.807) is 0 Å². The maximum atomic E-state index is 9.12. The van der Waals surface area contributed by atoms with Crippen molar-refractivity contribution in [3.8, 4) is 0 Å². The quantitative estimate of drug-likeness (QED) is 0.575. The van der Waals surface area contributed by atoms with Gasteiger partial charge in [-0.1, -0.05) is 0 Å². The van der Waals surface area contributed by atoms with Crippen LogP contribution in [0.1, 0.15) is 0 Å². The van der Waals surface area contributed by atoms with Crippen molar-refractivity contribution in [3.05, 3.63) is 0 Å². The van der Waals surface area contributed by atoms with Crippen LogP contribution in [-0.4, -0.2) is 0 Å². The molecule has 0 amide bonds. The van der Waals surface area contributed by atoms with Crippen molar-refractivity contribution in [1.29, 1.82) is 0 Å². The summed E-state index contributed by atoms with van der Waals surface area (Å²) >= 11 is 0. The molecule has 0 rings (SSSR count). The number of hydrogen-bond donors (Lipinski definition) is 0. The Hall–Kier alpha value is 1.14. The van der Waals surface area contributed by atoms with Crippen molar-refractivity contribution in [2.45, 2.75) is 0 Å². The predicted molar refractivity (Wildman–Crippen MR) is 3.30 cm³/mol. The molecule has 0 aliphatic rings. The first-order valence-electron chi connectivity index (χ1n) is 0.309. The third-order valence-electron chi connectivity index (χ3n) is 0. The van der Waals surface area contributed by atoms with E-state index in [1.807, 2.05) is 0 Å². The van der Waals surface area contributed by atoms with Gasteiger partial charge in [0.25, 0.3) is 0 Å². The Morgan fingerprint density at radius 3 is 1.25 bits per heavy atom. The predicted octanol–water partition coefficient (Wildman–Crippen LogP) is 0.772. The molecule has 0 aliphatic carbocycles. The van der Waals surface area contributed by atoms with E-state index in [2.05, 4.69) is 0 Å². The van der Waals surface area contributed by atoms with Crippen LogP contribution in [0.15, 0.2) is 0 Å². The second-order valence-electron chi connectivity index (χ2n) is 0.0583.